The first-order valence-corrected chi connectivity index (χ1v) is 8.60. The van der Waals surface area contributed by atoms with Crippen LogP contribution in [0.4, 0.5) is 13.2 Å². The Labute approximate surface area is 142 Å². The van der Waals surface area contributed by atoms with Gasteiger partial charge >= 0.3 is 11.3 Å². The fourth-order valence-corrected chi connectivity index (χ4v) is 3.60. The summed E-state index contributed by atoms with van der Waals surface area (Å²) in [7, 11) is 0. The molecule has 1 N–H and O–H groups in total. The molecular formula is C16H11F3N4OS. The van der Waals surface area contributed by atoms with Crippen LogP contribution in [0.2, 0.25) is 0 Å². The third-order valence-electron chi connectivity index (χ3n) is 3.78. The largest absolute Gasteiger partial charge is 0.609 e. The highest BCUT2D eigenvalue weighted by Gasteiger charge is 2.31. The first-order valence-electron chi connectivity index (χ1n) is 7.28. The van der Waals surface area contributed by atoms with Crippen molar-refractivity contribution in [2.75, 3.05) is 0 Å². The predicted octanol–water partition coefficient (Wildman–Crippen LogP) is 3.54. The lowest BCUT2D eigenvalue weighted by molar-refractivity contribution is -0.137. The maximum Gasteiger partial charge on any atom is 0.416 e. The average molecular weight is 364 g/mol. The highest BCUT2D eigenvalue weighted by atomic mass is 32.2. The van der Waals surface area contributed by atoms with Crippen molar-refractivity contribution in [1.29, 1.82) is 0 Å². The number of fused-ring (bicyclic) bond motifs is 2. The summed E-state index contributed by atoms with van der Waals surface area (Å²) in [5.41, 5.74) is 1.22. The normalized spacial score (nSPS) is 13.6. The lowest BCUT2D eigenvalue weighted by Crippen LogP contribution is -2.08. The van der Waals surface area contributed by atoms with Crippen LogP contribution >= 0.6 is 0 Å². The monoisotopic (exact) mass is 364 g/mol. The molecule has 0 bridgehead atoms. The highest BCUT2D eigenvalue weighted by molar-refractivity contribution is 7.90. The summed E-state index contributed by atoms with van der Waals surface area (Å²) in [6.07, 6.45) is -1.01. The molecule has 3 aromatic heterocycles. The first-order chi connectivity index (χ1) is 11.9. The topological polar surface area (TPSA) is 69.0 Å². The van der Waals surface area contributed by atoms with Gasteiger partial charge in [0.05, 0.1) is 28.5 Å². The summed E-state index contributed by atoms with van der Waals surface area (Å²) in [6.45, 7) is 0. The number of aromatic nitrogens is 4. The van der Waals surface area contributed by atoms with Crippen LogP contribution < -0.4 is 0 Å². The third kappa shape index (κ3) is 2.96. The Hall–Kier alpha value is -2.52. The summed E-state index contributed by atoms with van der Waals surface area (Å²) in [5.74, 6) is 0.150. The van der Waals surface area contributed by atoms with Gasteiger partial charge in [-0.25, -0.2) is 4.98 Å². The Balaban J connectivity index is 1.64. The standard InChI is InChI=1S/C16H11F3N4OS/c17-16(18,19)10-4-5-12-13(7-10)22-15(21-12)25(24)9-11-8-20-14-3-1-2-6-23(11)14/h1-8H,9H2,(H,21,22). The number of hydrogen-bond acceptors (Lipinski definition) is 3. The van der Waals surface area contributed by atoms with E-state index in [9.17, 15) is 17.7 Å². The first kappa shape index (κ1) is 16.0. The van der Waals surface area contributed by atoms with Crippen molar-refractivity contribution in [3.63, 3.8) is 0 Å². The molecule has 4 aromatic rings. The Kier molecular flexibility index (Phi) is 3.69. The van der Waals surface area contributed by atoms with E-state index in [2.05, 4.69) is 15.0 Å². The molecular weight excluding hydrogens is 353 g/mol. The molecule has 128 valence electrons. The molecule has 0 saturated heterocycles. The molecule has 1 aromatic carbocycles. The maximum absolute atomic E-state index is 12.8. The van der Waals surface area contributed by atoms with Gasteiger partial charge in [0.1, 0.15) is 5.65 Å². The van der Waals surface area contributed by atoms with Gasteiger partial charge in [-0.3, -0.25) is 9.38 Å². The van der Waals surface area contributed by atoms with E-state index in [1.165, 1.54) is 6.07 Å². The maximum atomic E-state index is 12.8. The summed E-state index contributed by atoms with van der Waals surface area (Å²) < 4.78 is 52.7. The fourth-order valence-electron chi connectivity index (χ4n) is 2.56. The predicted molar refractivity (Wildman–Crippen MR) is 86.4 cm³/mol. The zero-order valence-electron chi connectivity index (χ0n) is 12.6. The van der Waals surface area contributed by atoms with E-state index < -0.39 is 22.9 Å². The zero-order chi connectivity index (χ0) is 17.6. The molecule has 3 heterocycles. The second-order valence-electron chi connectivity index (χ2n) is 5.44. The Morgan fingerprint density at radius 1 is 1.20 bits per heavy atom. The van der Waals surface area contributed by atoms with E-state index in [4.69, 9.17) is 0 Å². The Morgan fingerprint density at radius 2 is 2.04 bits per heavy atom. The van der Waals surface area contributed by atoms with Gasteiger partial charge in [-0.1, -0.05) is 6.07 Å². The number of nitrogens with one attached hydrogen (secondary N) is 1. The van der Waals surface area contributed by atoms with E-state index in [-0.39, 0.29) is 16.4 Å². The molecule has 9 heteroatoms. The lowest BCUT2D eigenvalue weighted by Gasteiger charge is -2.06. The fraction of sp³-hybridized carbons (Fsp3) is 0.125. The van der Waals surface area contributed by atoms with Gasteiger partial charge in [-0.05, 0) is 30.3 Å². The van der Waals surface area contributed by atoms with Crippen LogP contribution in [-0.2, 0) is 23.1 Å². The third-order valence-corrected chi connectivity index (χ3v) is 4.96. The molecule has 0 saturated carbocycles. The minimum absolute atomic E-state index is 0.135. The van der Waals surface area contributed by atoms with Crippen LogP contribution in [0.25, 0.3) is 16.7 Å². The van der Waals surface area contributed by atoms with Gasteiger partial charge in [0, 0.05) is 17.4 Å². The highest BCUT2D eigenvalue weighted by Crippen LogP contribution is 2.31. The Bertz CT molecular complexity index is 1060. The molecule has 0 aliphatic carbocycles. The average Bonchev–Trinajstić information content (AvgIpc) is 3.17. The molecule has 0 fully saturated rings. The van der Waals surface area contributed by atoms with Gasteiger partial charge in [0.15, 0.2) is 5.75 Å². The summed E-state index contributed by atoms with van der Waals surface area (Å²) in [4.78, 5) is 11.1. The molecule has 0 amide bonds. The SMILES string of the molecule is [O-][S+](Cc1cnc2ccccn12)c1nc2cc(C(F)(F)F)ccc2[nH]1. The zero-order valence-corrected chi connectivity index (χ0v) is 13.4. The lowest BCUT2D eigenvalue weighted by atomic mass is 10.2. The number of rotatable bonds is 3. The molecule has 0 spiro atoms. The number of pyridine rings is 1. The number of nitrogens with zero attached hydrogens (tertiary/aromatic N) is 3. The van der Waals surface area contributed by atoms with E-state index in [0.29, 0.717) is 5.52 Å². The van der Waals surface area contributed by atoms with Crippen LogP contribution in [0, 0.1) is 0 Å². The van der Waals surface area contributed by atoms with Gasteiger partial charge in [-0.15, -0.1) is 0 Å². The number of imidazole rings is 2. The minimum Gasteiger partial charge on any atom is -0.609 e. The molecule has 4 rings (SSSR count). The van der Waals surface area contributed by atoms with Gasteiger partial charge in [-0.2, -0.15) is 18.2 Å². The molecule has 5 nitrogen and oxygen atoms in total. The number of hydrogen-bond donors (Lipinski definition) is 1. The summed E-state index contributed by atoms with van der Waals surface area (Å²) in [6, 6.07) is 8.71. The van der Waals surface area contributed by atoms with E-state index >= 15 is 0 Å². The smallest absolute Gasteiger partial charge is 0.416 e. The minimum atomic E-state index is -4.44. The Morgan fingerprint density at radius 3 is 2.84 bits per heavy atom. The number of alkyl halides is 3. The second-order valence-corrected chi connectivity index (χ2v) is 6.81. The second kappa shape index (κ2) is 5.78. The molecule has 1 atom stereocenters. The number of H-pyrrole nitrogens is 1. The van der Waals surface area contributed by atoms with Crippen LogP contribution in [0.15, 0.2) is 53.9 Å². The number of aromatic amines is 1. The van der Waals surface area contributed by atoms with Gasteiger partial charge < -0.3 is 4.55 Å². The van der Waals surface area contributed by atoms with Crippen molar-refractivity contribution in [2.45, 2.75) is 17.1 Å². The summed E-state index contributed by atoms with van der Waals surface area (Å²) >= 11 is -1.54. The van der Waals surface area contributed by atoms with Crippen molar-refractivity contribution in [3.05, 3.63) is 60.0 Å². The van der Waals surface area contributed by atoms with Crippen molar-refractivity contribution in [1.82, 2.24) is 19.4 Å². The van der Waals surface area contributed by atoms with Gasteiger partial charge in [0.25, 0.3) is 0 Å². The van der Waals surface area contributed by atoms with E-state index in [1.54, 1.807) is 6.20 Å². The molecule has 0 radical (unpaired) electrons. The van der Waals surface area contributed by atoms with Crippen LogP contribution in [0.1, 0.15) is 11.3 Å². The van der Waals surface area contributed by atoms with Gasteiger partial charge in [0.2, 0.25) is 0 Å². The summed E-state index contributed by atoms with van der Waals surface area (Å²) in [5, 5.41) is 0.139. The quantitative estimate of drug-likeness (QED) is 0.566. The number of benzene rings is 1. The molecule has 25 heavy (non-hydrogen) atoms. The van der Waals surface area contributed by atoms with Crippen LogP contribution in [0.5, 0.6) is 0 Å². The van der Waals surface area contributed by atoms with Crippen LogP contribution in [0.3, 0.4) is 0 Å². The van der Waals surface area contributed by atoms with E-state index in [1.807, 2.05) is 28.8 Å². The van der Waals surface area contributed by atoms with Crippen molar-refractivity contribution < 1.29 is 17.7 Å². The van der Waals surface area contributed by atoms with E-state index in [0.717, 1.165) is 23.5 Å². The van der Waals surface area contributed by atoms with Crippen molar-refractivity contribution in [2.24, 2.45) is 0 Å². The van der Waals surface area contributed by atoms with Crippen molar-refractivity contribution in [3.8, 4) is 0 Å². The van der Waals surface area contributed by atoms with Crippen molar-refractivity contribution >= 4 is 27.9 Å². The van der Waals surface area contributed by atoms with Crippen LogP contribution in [-0.4, -0.2) is 23.9 Å². The molecule has 1 unspecified atom stereocenters. The molecule has 0 aliphatic rings. The molecule has 0 aliphatic heterocycles. The number of halogens is 3.